The van der Waals surface area contributed by atoms with Crippen LogP contribution in [0.4, 0.5) is 0 Å². The summed E-state index contributed by atoms with van der Waals surface area (Å²) < 4.78 is 12.3. The summed E-state index contributed by atoms with van der Waals surface area (Å²) in [5.41, 5.74) is 7.18. The second-order valence-corrected chi connectivity index (χ2v) is 6.88. The number of benzene rings is 2. The van der Waals surface area contributed by atoms with Gasteiger partial charge in [-0.15, -0.1) is 0 Å². The number of pyridine rings is 1. The van der Waals surface area contributed by atoms with Crippen LogP contribution in [0.25, 0.3) is 16.7 Å². The highest BCUT2D eigenvalue weighted by molar-refractivity contribution is 5.90. The van der Waals surface area contributed by atoms with Crippen LogP contribution in [0.1, 0.15) is 17.0 Å². The molecule has 4 rings (SSSR count). The van der Waals surface area contributed by atoms with Crippen LogP contribution < -0.4 is 16.0 Å². The summed E-state index contributed by atoms with van der Waals surface area (Å²) >= 11 is 0. The van der Waals surface area contributed by atoms with Crippen molar-refractivity contribution in [3.05, 3.63) is 87.5 Å². The number of aromatic nitrogens is 1. The van der Waals surface area contributed by atoms with Crippen molar-refractivity contribution in [1.29, 1.82) is 5.26 Å². The van der Waals surface area contributed by atoms with Crippen molar-refractivity contribution < 1.29 is 14.6 Å². The quantitative estimate of drug-likeness (QED) is 0.698. The average Bonchev–Trinajstić information content (AvgIpc) is 2.77. The van der Waals surface area contributed by atoms with Crippen LogP contribution in [0, 0.1) is 11.3 Å². The summed E-state index contributed by atoms with van der Waals surface area (Å²) in [5, 5.41) is 21.0. The van der Waals surface area contributed by atoms with Gasteiger partial charge in [0, 0.05) is 18.4 Å². The van der Waals surface area contributed by atoms with Crippen LogP contribution in [0.15, 0.2) is 70.9 Å². The summed E-state index contributed by atoms with van der Waals surface area (Å²) in [6, 6.07) is 16.3. The molecule has 0 amide bonds. The number of fused-ring (bicyclic) bond motifs is 1. The van der Waals surface area contributed by atoms with E-state index in [9.17, 15) is 15.2 Å². The van der Waals surface area contributed by atoms with E-state index in [2.05, 4.69) is 6.07 Å². The molecule has 1 atom stereocenters. The number of aryl methyl sites for hydroxylation is 1. The molecule has 7 nitrogen and oxygen atoms in total. The standard InChI is InChI=1S/C23H19N3O4/c1-26-18-6-4-3-5-15(18)21(27)20(23(26)28)19-11-16(17(12-24)22(25)30-19)13-7-9-14(29-2)10-8-13/h3-11,16,27H,25H2,1-2H3. The van der Waals surface area contributed by atoms with E-state index in [1.54, 1.807) is 56.6 Å². The average molecular weight is 401 g/mol. The molecule has 30 heavy (non-hydrogen) atoms. The van der Waals surface area contributed by atoms with Gasteiger partial charge in [-0.25, -0.2) is 0 Å². The van der Waals surface area contributed by atoms with Crippen molar-refractivity contribution in [3.8, 4) is 17.6 Å². The lowest BCUT2D eigenvalue weighted by atomic mass is 9.89. The Labute approximate surface area is 172 Å². The fourth-order valence-corrected chi connectivity index (χ4v) is 3.63. The molecule has 0 saturated carbocycles. The minimum Gasteiger partial charge on any atom is -0.506 e. The van der Waals surface area contributed by atoms with Crippen LogP contribution in [-0.2, 0) is 11.8 Å². The van der Waals surface area contributed by atoms with E-state index in [4.69, 9.17) is 15.2 Å². The summed E-state index contributed by atoms with van der Waals surface area (Å²) in [5.74, 6) is -0.0602. The third-order valence-electron chi connectivity index (χ3n) is 5.23. The lowest BCUT2D eigenvalue weighted by molar-refractivity contribution is 0.356. The number of rotatable bonds is 3. The SMILES string of the molecule is COc1ccc(C2C=C(c3c(O)c4ccccc4n(C)c3=O)OC(N)=C2C#N)cc1. The Hall–Kier alpha value is -4.18. The molecular weight excluding hydrogens is 382 g/mol. The minimum atomic E-state index is -0.541. The second-order valence-electron chi connectivity index (χ2n) is 6.88. The Balaban J connectivity index is 1.92. The number of nitrogens with zero attached hydrogens (tertiary/aromatic N) is 2. The van der Waals surface area contributed by atoms with Crippen molar-refractivity contribution in [2.24, 2.45) is 12.8 Å². The largest absolute Gasteiger partial charge is 0.506 e. The smallest absolute Gasteiger partial charge is 0.265 e. The molecule has 1 aliphatic rings. The molecule has 0 radical (unpaired) electrons. The minimum absolute atomic E-state index is 0.00495. The van der Waals surface area contributed by atoms with Gasteiger partial charge >= 0.3 is 0 Å². The van der Waals surface area contributed by atoms with Gasteiger partial charge in [0.05, 0.1) is 12.6 Å². The highest BCUT2D eigenvalue weighted by Gasteiger charge is 2.29. The Morgan fingerprint density at radius 2 is 1.90 bits per heavy atom. The van der Waals surface area contributed by atoms with Gasteiger partial charge in [-0.1, -0.05) is 24.3 Å². The fraction of sp³-hybridized carbons (Fsp3) is 0.130. The first-order valence-electron chi connectivity index (χ1n) is 9.20. The molecule has 1 aliphatic heterocycles. The van der Waals surface area contributed by atoms with Crippen LogP contribution in [-0.4, -0.2) is 16.8 Å². The predicted octanol–water partition coefficient (Wildman–Crippen LogP) is 3.10. The number of methoxy groups -OCH3 is 1. The van der Waals surface area contributed by atoms with E-state index < -0.39 is 11.5 Å². The molecule has 0 spiro atoms. The van der Waals surface area contributed by atoms with Gasteiger partial charge < -0.3 is 24.9 Å². The van der Waals surface area contributed by atoms with E-state index >= 15 is 0 Å². The lowest BCUT2D eigenvalue weighted by Crippen LogP contribution is -2.24. The Morgan fingerprint density at radius 3 is 2.57 bits per heavy atom. The van der Waals surface area contributed by atoms with Crippen LogP contribution >= 0.6 is 0 Å². The van der Waals surface area contributed by atoms with E-state index in [1.807, 2.05) is 12.1 Å². The maximum absolute atomic E-state index is 13.0. The summed E-state index contributed by atoms with van der Waals surface area (Å²) in [6.07, 6.45) is 1.63. The van der Waals surface area contributed by atoms with Crippen molar-refractivity contribution in [2.75, 3.05) is 7.11 Å². The molecule has 2 heterocycles. The van der Waals surface area contributed by atoms with Crippen molar-refractivity contribution in [3.63, 3.8) is 0 Å². The van der Waals surface area contributed by atoms with E-state index in [1.165, 1.54) is 4.57 Å². The number of hydrogen-bond acceptors (Lipinski definition) is 6. The number of nitrogens with two attached hydrogens (primary N) is 1. The van der Waals surface area contributed by atoms with Crippen LogP contribution in [0.3, 0.4) is 0 Å². The van der Waals surface area contributed by atoms with Crippen molar-refractivity contribution >= 4 is 16.7 Å². The maximum Gasteiger partial charge on any atom is 0.265 e. The maximum atomic E-state index is 13.0. The van der Waals surface area contributed by atoms with Gasteiger partial charge in [-0.2, -0.15) is 5.26 Å². The first kappa shape index (κ1) is 19.2. The molecular formula is C23H19N3O4. The fourth-order valence-electron chi connectivity index (χ4n) is 3.63. The number of allylic oxidation sites excluding steroid dienone is 2. The predicted molar refractivity (Wildman–Crippen MR) is 112 cm³/mol. The molecule has 1 aromatic heterocycles. The molecule has 0 aliphatic carbocycles. The third kappa shape index (κ3) is 2.95. The highest BCUT2D eigenvalue weighted by atomic mass is 16.5. The van der Waals surface area contributed by atoms with Gasteiger partial charge in [0.25, 0.3) is 5.56 Å². The number of hydrogen-bond donors (Lipinski definition) is 2. The highest BCUT2D eigenvalue weighted by Crippen LogP contribution is 2.39. The topological polar surface area (TPSA) is 110 Å². The zero-order valence-corrected chi connectivity index (χ0v) is 16.4. The number of nitriles is 1. The zero-order valence-electron chi connectivity index (χ0n) is 16.4. The Bertz CT molecular complexity index is 1310. The zero-order chi connectivity index (χ0) is 21.4. The second kappa shape index (κ2) is 7.33. The number of para-hydroxylation sites is 1. The third-order valence-corrected chi connectivity index (χ3v) is 5.23. The van der Waals surface area contributed by atoms with Crippen LogP contribution in [0.5, 0.6) is 11.5 Å². The monoisotopic (exact) mass is 401 g/mol. The summed E-state index contributed by atoms with van der Waals surface area (Å²) in [4.78, 5) is 13.0. The Kier molecular flexibility index (Phi) is 4.68. The van der Waals surface area contributed by atoms with Crippen molar-refractivity contribution in [1.82, 2.24) is 4.57 Å². The normalized spacial score (nSPS) is 16.0. The molecule has 0 bridgehead atoms. The van der Waals surface area contributed by atoms with E-state index in [0.29, 0.717) is 16.7 Å². The van der Waals surface area contributed by atoms with Gasteiger partial charge in [0.2, 0.25) is 5.88 Å². The first-order chi connectivity index (χ1) is 14.5. The van der Waals surface area contributed by atoms with Gasteiger partial charge in [0.15, 0.2) is 0 Å². The molecule has 3 N–H and O–H groups in total. The first-order valence-corrected chi connectivity index (χ1v) is 9.20. The summed E-state index contributed by atoms with van der Waals surface area (Å²) in [6.45, 7) is 0. The van der Waals surface area contributed by atoms with E-state index in [0.717, 1.165) is 5.56 Å². The number of ether oxygens (including phenoxy) is 2. The molecule has 2 aromatic carbocycles. The van der Waals surface area contributed by atoms with Gasteiger partial charge in [-0.05, 0) is 35.9 Å². The molecule has 3 aromatic rings. The van der Waals surface area contributed by atoms with E-state index in [-0.39, 0.29) is 28.5 Å². The van der Waals surface area contributed by atoms with Gasteiger partial charge in [-0.3, -0.25) is 4.79 Å². The number of aromatic hydroxyl groups is 1. The molecule has 1 unspecified atom stereocenters. The lowest BCUT2D eigenvalue weighted by Gasteiger charge is -2.24. The van der Waals surface area contributed by atoms with Crippen LogP contribution in [0.2, 0.25) is 0 Å². The molecule has 0 fully saturated rings. The summed E-state index contributed by atoms with van der Waals surface area (Å²) in [7, 11) is 3.19. The van der Waals surface area contributed by atoms with Crippen molar-refractivity contribution in [2.45, 2.75) is 5.92 Å². The molecule has 0 saturated heterocycles. The Morgan fingerprint density at radius 1 is 1.20 bits per heavy atom. The molecule has 7 heteroatoms. The molecule has 150 valence electrons. The van der Waals surface area contributed by atoms with Gasteiger partial charge in [0.1, 0.15) is 34.5 Å².